The molecular formula is C8H13BrO2. The second-order valence-electron chi connectivity index (χ2n) is 2.31. The van der Waals surface area contributed by atoms with Crippen LogP contribution < -0.4 is 0 Å². The van der Waals surface area contributed by atoms with Crippen molar-refractivity contribution in [2.24, 2.45) is 0 Å². The van der Waals surface area contributed by atoms with Gasteiger partial charge in [0.1, 0.15) is 0 Å². The second kappa shape index (κ2) is 6.40. The third kappa shape index (κ3) is 6.10. The van der Waals surface area contributed by atoms with E-state index in [1.807, 2.05) is 6.92 Å². The summed E-state index contributed by atoms with van der Waals surface area (Å²) < 4.78 is 4.47. The van der Waals surface area contributed by atoms with Crippen LogP contribution in [0.5, 0.6) is 0 Å². The number of esters is 1. The van der Waals surface area contributed by atoms with E-state index < -0.39 is 0 Å². The quantitative estimate of drug-likeness (QED) is 0.413. The fraction of sp³-hybridized carbons (Fsp3) is 0.625. The van der Waals surface area contributed by atoms with E-state index in [0.29, 0.717) is 0 Å². The smallest absolute Gasteiger partial charge is 0.330 e. The zero-order valence-electron chi connectivity index (χ0n) is 6.89. The van der Waals surface area contributed by atoms with Crippen molar-refractivity contribution in [2.75, 3.05) is 12.4 Å². The van der Waals surface area contributed by atoms with Gasteiger partial charge in [0.2, 0.25) is 0 Å². The number of halogens is 1. The van der Waals surface area contributed by atoms with E-state index in [1.165, 1.54) is 13.2 Å². The minimum absolute atomic E-state index is 0.267. The van der Waals surface area contributed by atoms with Gasteiger partial charge in [0.25, 0.3) is 0 Å². The van der Waals surface area contributed by atoms with Gasteiger partial charge in [-0.2, -0.15) is 0 Å². The summed E-state index contributed by atoms with van der Waals surface area (Å²) in [5.41, 5.74) is 1.07. The van der Waals surface area contributed by atoms with Gasteiger partial charge in [-0.15, -0.1) is 0 Å². The Morgan fingerprint density at radius 1 is 1.64 bits per heavy atom. The lowest BCUT2D eigenvalue weighted by Gasteiger charge is -1.97. The summed E-state index contributed by atoms with van der Waals surface area (Å²) in [6.45, 7) is 1.93. The lowest BCUT2D eigenvalue weighted by atomic mass is 10.2. The summed E-state index contributed by atoms with van der Waals surface area (Å²) in [5, 5.41) is 0.972. The summed E-state index contributed by atoms with van der Waals surface area (Å²) in [6.07, 6.45) is 3.53. The van der Waals surface area contributed by atoms with Crippen molar-refractivity contribution in [1.82, 2.24) is 0 Å². The summed E-state index contributed by atoms with van der Waals surface area (Å²) in [4.78, 5) is 10.7. The first-order chi connectivity index (χ1) is 5.20. The monoisotopic (exact) mass is 220 g/mol. The Morgan fingerprint density at radius 3 is 2.73 bits per heavy atom. The maximum Gasteiger partial charge on any atom is 0.330 e. The van der Waals surface area contributed by atoms with Crippen LogP contribution in [0.25, 0.3) is 0 Å². The average Bonchev–Trinajstić information content (AvgIpc) is 2.00. The maximum absolute atomic E-state index is 10.7. The van der Waals surface area contributed by atoms with Crippen molar-refractivity contribution < 1.29 is 9.53 Å². The van der Waals surface area contributed by atoms with E-state index >= 15 is 0 Å². The van der Waals surface area contributed by atoms with Crippen molar-refractivity contribution in [2.45, 2.75) is 19.8 Å². The molecule has 0 atom stereocenters. The van der Waals surface area contributed by atoms with Gasteiger partial charge in [0.15, 0.2) is 0 Å². The van der Waals surface area contributed by atoms with Crippen LogP contribution in [-0.2, 0) is 9.53 Å². The average molecular weight is 221 g/mol. The number of rotatable bonds is 4. The van der Waals surface area contributed by atoms with E-state index in [9.17, 15) is 4.79 Å². The van der Waals surface area contributed by atoms with E-state index in [1.54, 1.807) is 0 Å². The molecule has 0 spiro atoms. The highest BCUT2D eigenvalue weighted by atomic mass is 79.9. The molecule has 0 aliphatic rings. The van der Waals surface area contributed by atoms with Crippen molar-refractivity contribution in [3.05, 3.63) is 11.6 Å². The molecule has 0 aromatic heterocycles. The number of carbonyl (C=O) groups is 1. The Morgan fingerprint density at radius 2 is 2.27 bits per heavy atom. The van der Waals surface area contributed by atoms with Crippen molar-refractivity contribution in [3.63, 3.8) is 0 Å². The molecule has 0 unspecified atom stereocenters. The zero-order chi connectivity index (χ0) is 8.69. The molecule has 64 valence electrons. The topological polar surface area (TPSA) is 26.3 Å². The number of hydrogen-bond donors (Lipinski definition) is 0. The summed E-state index contributed by atoms with van der Waals surface area (Å²) in [7, 11) is 1.39. The molecule has 0 rings (SSSR count). The van der Waals surface area contributed by atoms with Crippen molar-refractivity contribution >= 4 is 21.9 Å². The maximum atomic E-state index is 10.7. The normalized spacial score (nSPS) is 11.4. The molecular weight excluding hydrogens is 208 g/mol. The summed E-state index contributed by atoms with van der Waals surface area (Å²) in [6, 6.07) is 0. The molecule has 0 heterocycles. The highest BCUT2D eigenvalue weighted by molar-refractivity contribution is 9.09. The minimum atomic E-state index is -0.267. The molecule has 0 amide bonds. The van der Waals surface area contributed by atoms with Crippen molar-refractivity contribution in [1.29, 1.82) is 0 Å². The standard InChI is InChI=1S/C8H13BrO2/c1-7(4-3-5-9)6-8(10)11-2/h6H,3-5H2,1-2H3/b7-6-. The van der Waals surface area contributed by atoms with Crippen LogP contribution in [0, 0.1) is 0 Å². The Bertz CT molecular complexity index is 152. The molecule has 11 heavy (non-hydrogen) atoms. The fourth-order valence-electron chi connectivity index (χ4n) is 0.678. The van der Waals surface area contributed by atoms with Gasteiger partial charge < -0.3 is 4.74 Å². The Balaban J connectivity index is 3.70. The Kier molecular flexibility index (Phi) is 6.22. The number of alkyl halides is 1. The Hall–Kier alpha value is -0.310. The molecule has 0 fully saturated rings. The first-order valence-electron chi connectivity index (χ1n) is 3.51. The molecule has 0 aromatic carbocycles. The number of allylic oxidation sites excluding steroid dienone is 1. The van der Waals surface area contributed by atoms with Gasteiger partial charge in [-0.3, -0.25) is 0 Å². The van der Waals surface area contributed by atoms with Gasteiger partial charge in [-0.1, -0.05) is 21.5 Å². The lowest BCUT2D eigenvalue weighted by Crippen LogP contribution is -1.95. The van der Waals surface area contributed by atoms with Crippen LogP contribution in [-0.4, -0.2) is 18.4 Å². The van der Waals surface area contributed by atoms with Crippen LogP contribution >= 0.6 is 15.9 Å². The van der Waals surface area contributed by atoms with Gasteiger partial charge >= 0.3 is 5.97 Å². The Labute approximate surface area is 75.7 Å². The molecule has 0 saturated carbocycles. The number of carbonyl (C=O) groups excluding carboxylic acids is 1. The fourth-order valence-corrected chi connectivity index (χ4v) is 0.958. The lowest BCUT2D eigenvalue weighted by molar-refractivity contribution is -0.134. The zero-order valence-corrected chi connectivity index (χ0v) is 8.48. The predicted molar refractivity (Wildman–Crippen MR) is 48.8 cm³/mol. The highest BCUT2D eigenvalue weighted by Gasteiger charge is 1.95. The van der Waals surface area contributed by atoms with Crippen LogP contribution in [0.4, 0.5) is 0 Å². The van der Waals surface area contributed by atoms with Gasteiger partial charge in [0, 0.05) is 11.4 Å². The molecule has 0 N–H and O–H groups in total. The van der Waals surface area contributed by atoms with Crippen LogP contribution in [0.15, 0.2) is 11.6 Å². The molecule has 2 nitrogen and oxygen atoms in total. The van der Waals surface area contributed by atoms with E-state index in [2.05, 4.69) is 20.7 Å². The van der Waals surface area contributed by atoms with E-state index in [0.717, 1.165) is 23.7 Å². The molecule has 0 aliphatic heterocycles. The van der Waals surface area contributed by atoms with Gasteiger partial charge in [-0.25, -0.2) is 4.79 Å². The first-order valence-corrected chi connectivity index (χ1v) is 4.64. The van der Waals surface area contributed by atoms with Crippen LogP contribution in [0.1, 0.15) is 19.8 Å². The molecule has 0 bridgehead atoms. The predicted octanol–water partition coefficient (Wildman–Crippen LogP) is 2.28. The largest absolute Gasteiger partial charge is 0.466 e. The minimum Gasteiger partial charge on any atom is -0.466 e. The second-order valence-corrected chi connectivity index (χ2v) is 3.10. The number of hydrogen-bond acceptors (Lipinski definition) is 2. The first kappa shape index (κ1) is 10.7. The van der Waals surface area contributed by atoms with Gasteiger partial charge in [0.05, 0.1) is 7.11 Å². The number of methoxy groups -OCH3 is 1. The third-order valence-electron chi connectivity index (χ3n) is 1.27. The van der Waals surface area contributed by atoms with Crippen LogP contribution in [0.3, 0.4) is 0 Å². The van der Waals surface area contributed by atoms with Gasteiger partial charge in [-0.05, 0) is 19.8 Å². The molecule has 0 saturated heterocycles. The van der Waals surface area contributed by atoms with E-state index in [4.69, 9.17) is 0 Å². The van der Waals surface area contributed by atoms with Crippen molar-refractivity contribution in [3.8, 4) is 0 Å². The SMILES string of the molecule is COC(=O)/C=C(/C)CCCBr. The summed E-state index contributed by atoms with van der Waals surface area (Å²) >= 11 is 3.32. The molecule has 0 aromatic rings. The number of ether oxygens (including phenoxy) is 1. The molecule has 3 heteroatoms. The molecule has 0 aliphatic carbocycles. The van der Waals surface area contributed by atoms with Crippen LogP contribution in [0.2, 0.25) is 0 Å². The highest BCUT2D eigenvalue weighted by Crippen LogP contribution is 2.05. The molecule has 0 radical (unpaired) electrons. The summed E-state index contributed by atoms with van der Waals surface area (Å²) in [5.74, 6) is -0.267. The van der Waals surface area contributed by atoms with E-state index in [-0.39, 0.29) is 5.97 Å². The third-order valence-corrected chi connectivity index (χ3v) is 1.83.